The Hall–Kier alpha value is -0.960. The smallest absolute Gasteiger partial charge is 0.107 e. The van der Waals surface area contributed by atoms with Gasteiger partial charge in [-0.05, 0) is 6.92 Å². The minimum Gasteiger partial charge on any atom is -0.390 e. The molecule has 4 nitrogen and oxygen atoms in total. The first kappa shape index (κ1) is 11.1. The summed E-state index contributed by atoms with van der Waals surface area (Å²) in [6, 6.07) is 2.06. The molecule has 0 unspecified atom stereocenters. The molecule has 0 bridgehead atoms. The van der Waals surface area contributed by atoms with E-state index >= 15 is 0 Å². The van der Waals surface area contributed by atoms with Crippen molar-refractivity contribution in [1.82, 2.24) is 10.3 Å². The zero-order chi connectivity index (χ0) is 10.4. The standard InChI is InChI=1S/C9H13N3OS/c1-7-8(6-13)12-9(14-7)5-11-4-2-3-10/h11,13H,2,4-6H2,1H3. The van der Waals surface area contributed by atoms with Crippen LogP contribution in [0.15, 0.2) is 0 Å². The first-order chi connectivity index (χ1) is 6.77. The third-order valence-electron chi connectivity index (χ3n) is 1.78. The molecule has 2 N–H and O–H groups in total. The Morgan fingerprint density at radius 2 is 2.43 bits per heavy atom. The van der Waals surface area contributed by atoms with Gasteiger partial charge in [0, 0.05) is 24.4 Å². The van der Waals surface area contributed by atoms with E-state index in [1.807, 2.05) is 6.92 Å². The molecule has 1 rings (SSSR count). The van der Waals surface area contributed by atoms with Crippen molar-refractivity contribution in [3.8, 4) is 6.07 Å². The molecule has 0 radical (unpaired) electrons. The van der Waals surface area contributed by atoms with E-state index in [1.54, 1.807) is 11.3 Å². The second kappa shape index (κ2) is 5.70. The SMILES string of the molecule is Cc1sc(CNCCC#N)nc1CO. The predicted molar refractivity (Wildman–Crippen MR) is 54.7 cm³/mol. The molecular weight excluding hydrogens is 198 g/mol. The molecular formula is C9H13N3OS. The summed E-state index contributed by atoms with van der Waals surface area (Å²) in [4.78, 5) is 5.31. The lowest BCUT2D eigenvalue weighted by Gasteiger charge is -1.96. The van der Waals surface area contributed by atoms with E-state index in [0.29, 0.717) is 19.5 Å². The van der Waals surface area contributed by atoms with Crippen LogP contribution in [0.3, 0.4) is 0 Å². The van der Waals surface area contributed by atoms with E-state index in [0.717, 1.165) is 15.6 Å². The van der Waals surface area contributed by atoms with Crippen LogP contribution in [0.2, 0.25) is 0 Å². The van der Waals surface area contributed by atoms with Crippen LogP contribution >= 0.6 is 11.3 Å². The van der Waals surface area contributed by atoms with Gasteiger partial charge in [0.2, 0.25) is 0 Å². The van der Waals surface area contributed by atoms with Gasteiger partial charge in [-0.1, -0.05) is 0 Å². The fourth-order valence-corrected chi connectivity index (χ4v) is 1.96. The Kier molecular flexibility index (Phi) is 4.53. The van der Waals surface area contributed by atoms with Gasteiger partial charge in [0.15, 0.2) is 0 Å². The van der Waals surface area contributed by atoms with Crippen molar-refractivity contribution in [2.24, 2.45) is 0 Å². The molecule has 1 heterocycles. The monoisotopic (exact) mass is 211 g/mol. The minimum atomic E-state index is 0.000525. The maximum Gasteiger partial charge on any atom is 0.107 e. The highest BCUT2D eigenvalue weighted by Gasteiger charge is 2.05. The van der Waals surface area contributed by atoms with Crippen LogP contribution in [0.25, 0.3) is 0 Å². The van der Waals surface area contributed by atoms with Gasteiger partial charge >= 0.3 is 0 Å². The van der Waals surface area contributed by atoms with Gasteiger partial charge < -0.3 is 10.4 Å². The molecule has 1 aromatic heterocycles. The number of thiazole rings is 1. The highest BCUT2D eigenvalue weighted by atomic mass is 32.1. The summed E-state index contributed by atoms with van der Waals surface area (Å²) < 4.78 is 0. The highest BCUT2D eigenvalue weighted by Crippen LogP contribution is 2.16. The molecule has 76 valence electrons. The van der Waals surface area contributed by atoms with Gasteiger partial charge in [0.1, 0.15) is 5.01 Å². The number of aromatic nitrogens is 1. The number of aliphatic hydroxyl groups is 1. The number of aryl methyl sites for hydroxylation is 1. The molecule has 14 heavy (non-hydrogen) atoms. The largest absolute Gasteiger partial charge is 0.390 e. The molecule has 0 aliphatic carbocycles. The van der Waals surface area contributed by atoms with E-state index in [2.05, 4.69) is 16.4 Å². The van der Waals surface area contributed by atoms with Crippen LogP contribution in [-0.4, -0.2) is 16.6 Å². The van der Waals surface area contributed by atoms with Crippen molar-refractivity contribution in [2.45, 2.75) is 26.5 Å². The predicted octanol–water partition coefficient (Wildman–Crippen LogP) is 0.947. The Balaban J connectivity index is 2.40. The number of nitriles is 1. The normalized spacial score (nSPS) is 10.1. The van der Waals surface area contributed by atoms with Crippen molar-refractivity contribution in [1.29, 1.82) is 5.26 Å². The van der Waals surface area contributed by atoms with E-state index in [1.165, 1.54) is 0 Å². The second-order valence-electron chi connectivity index (χ2n) is 2.85. The average Bonchev–Trinajstić information content (AvgIpc) is 2.54. The Labute approximate surface area is 87.2 Å². The topological polar surface area (TPSA) is 68.9 Å². The first-order valence-corrected chi connectivity index (χ1v) is 5.23. The lowest BCUT2D eigenvalue weighted by atomic mass is 10.4. The summed E-state index contributed by atoms with van der Waals surface area (Å²) in [6.07, 6.45) is 0.511. The van der Waals surface area contributed by atoms with Crippen molar-refractivity contribution in [3.05, 3.63) is 15.6 Å². The van der Waals surface area contributed by atoms with E-state index in [9.17, 15) is 0 Å². The third-order valence-corrected chi connectivity index (χ3v) is 2.79. The van der Waals surface area contributed by atoms with Crippen LogP contribution in [0.4, 0.5) is 0 Å². The number of hydrogen-bond acceptors (Lipinski definition) is 5. The highest BCUT2D eigenvalue weighted by molar-refractivity contribution is 7.11. The third kappa shape index (κ3) is 3.07. The summed E-state index contributed by atoms with van der Waals surface area (Å²) in [5.41, 5.74) is 0.757. The molecule has 1 aromatic rings. The second-order valence-corrected chi connectivity index (χ2v) is 4.14. The fourth-order valence-electron chi connectivity index (χ4n) is 1.05. The maximum absolute atomic E-state index is 8.92. The molecule has 0 aromatic carbocycles. The molecule has 0 aliphatic heterocycles. The molecule has 0 saturated carbocycles. The lowest BCUT2D eigenvalue weighted by Crippen LogP contribution is -2.13. The van der Waals surface area contributed by atoms with E-state index in [4.69, 9.17) is 10.4 Å². The number of rotatable bonds is 5. The Bertz CT molecular complexity index is 329. The van der Waals surface area contributed by atoms with Crippen molar-refractivity contribution in [3.63, 3.8) is 0 Å². The van der Waals surface area contributed by atoms with Gasteiger partial charge in [0.25, 0.3) is 0 Å². The van der Waals surface area contributed by atoms with Crippen LogP contribution < -0.4 is 5.32 Å². The van der Waals surface area contributed by atoms with Crippen molar-refractivity contribution < 1.29 is 5.11 Å². The first-order valence-electron chi connectivity index (χ1n) is 4.41. The number of aliphatic hydroxyl groups excluding tert-OH is 1. The quantitative estimate of drug-likeness (QED) is 0.711. The molecule has 0 spiro atoms. The maximum atomic E-state index is 8.92. The summed E-state index contributed by atoms with van der Waals surface area (Å²) >= 11 is 1.58. The molecule has 0 amide bonds. The van der Waals surface area contributed by atoms with Gasteiger partial charge in [-0.25, -0.2) is 4.98 Å². The van der Waals surface area contributed by atoms with Crippen LogP contribution in [-0.2, 0) is 13.2 Å². The molecule has 0 fully saturated rings. The number of hydrogen-bond donors (Lipinski definition) is 2. The fraction of sp³-hybridized carbons (Fsp3) is 0.556. The molecule has 0 aliphatic rings. The molecule has 5 heteroatoms. The van der Waals surface area contributed by atoms with Crippen LogP contribution in [0.1, 0.15) is 22.0 Å². The summed E-state index contributed by atoms with van der Waals surface area (Å²) in [7, 11) is 0. The zero-order valence-corrected chi connectivity index (χ0v) is 8.89. The van der Waals surface area contributed by atoms with Gasteiger partial charge in [0.05, 0.1) is 18.4 Å². The van der Waals surface area contributed by atoms with Crippen molar-refractivity contribution >= 4 is 11.3 Å². The average molecular weight is 211 g/mol. The van der Waals surface area contributed by atoms with Gasteiger partial charge in [-0.2, -0.15) is 5.26 Å². The van der Waals surface area contributed by atoms with Crippen LogP contribution in [0.5, 0.6) is 0 Å². The summed E-state index contributed by atoms with van der Waals surface area (Å²) in [5.74, 6) is 0. The van der Waals surface area contributed by atoms with Gasteiger partial charge in [-0.3, -0.25) is 0 Å². The van der Waals surface area contributed by atoms with Crippen molar-refractivity contribution in [2.75, 3.05) is 6.54 Å². The van der Waals surface area contributed by atoms with E-state index < -0.39 is 0 Å². The molecule has 0 saturated heterocycles. The zero-order valence-electron chi connectivity index (χ0n) is 8.08. The molecule has 0 atom stereocenters. The number of nitrogens with zero attached hydrogens (tertiary/aromatic N) is 2. The van der Waals surface area contributed by atoms with Gasteiger partial charge in [-0.15, -0.1) is 11.3 Å². The Morgan fingerprint density at radius 3 is 3.00 bits per heavy atom. The lowest BCUT2D eigenvalue weighted by molar-refractivity contribution is 0.276. The minimum absolute atomic E-state index is 0.000525. The summed E-state index contributed by atoms with van der Waals surface area (Å²) in [6.45, 7) is 3.30. The summed E-state index contributed by atoms with van der Waals surface area (Å²) in [5, 5.41) is 21.3. The number of nitrogens with one attached hydrogen (secondary N) is 1. The van der Waals surface area contributed by atoms with Crippen LogP contribution in [0, 0.1) is 18.3 Å². The van der Waals surface area contributed by atoms with E-state index in [-0.39, 0.29) is 6.61 Å². The Morgan fingerprint density at radius 1 is 1.64 bits per heavy atom.